The highest BCUT2D eigenvalue weighted by Gasteiger charge is 2.10. The maximum absolute atomic E-state index is 10.6. The molecule has 9 heteroatoms. The van der Waals surface area contributed by atoms with Crippen molar-refractivity contribution in [2.45, 2.75) is 0 Å². The summed E-state index contributed by atoms with van der Waals surface area (Å²) in [5.41, 5.74) is 6.25. The Hall–Kier alpha value is -3.36. The lowest BCUT2D eigenvalue weighted by molar-refractivity contribution is -0.384. The summed E-state index contributed by atoms with van der Waals surface area (Å²) in [6.45, 7) is 0. The van der Waals surface area contributed by atoms with Gasteiger partial charge in [-0.1, -0.05) is 0 Å². The first-order valence-electron chi connectivity index (χ1n) is 5.89. The largest absolute Gasteiger partial charge is 0.384 e. The number of anilines is 1. The highest BCUT2D eigenvalue weighted by molar-refractivity contribution is 5.56. The Labute approximate surface area is 118 Å². The van der Waals surface area contributed by atoms with Crippen LogP contribution in [0.15, 0.2) is 42.9 Å². The number of hydrogen-bond acceptors (Lipinski definition) is 7. The van der Waals surface area contributed by atoms with Crippen LogP contribution in [0.3, 0.4) is 0 Å². The van der Waals surface area contributed by atoms with Crippen LogP contribution in [-0.2, 0) is 0 Å². The fourth-order valence-electron chi connectivity index (χ4n) is 1.70. The molecular weight excluding hydrogens is 274 g/mol. The number of non-ortho nitro benzene ring substituents is 1. The van der Waals surface area contributed by atoms with E-state index in [1.165, 1.54) is 29.3 Å². The predicted octanol–water partition coefficient (Wildman–Crippen LogP) is 1.21. The molecule has 9 nitrogen and oxygen atoms in total. The van der Waals surface area contributed by atoms with Gasteiger partial charge in [0.1, 0.15) is 12.1 Å². The van der Waals surface area contributed by atoms with Crippen LogP contribution in [-0.4, -0.2) is 29.7 Å². The molecule has 0 fully saturated rings. The van der Waals surface area contributed by atoms with Crippen LogP contribution >= 0.6 is 0 Å². The summed E-state index contributed by atoms with van der Waals surface area (Å²) in [4.78, 5) is 22.3. The van der Waals surface area contributed by atoms with E-state index in [9.17, 15) is 10.1 Å². The van der Waals surface area contributed by atoms with Crippen LogP contribution in [0.25, 0.3) is 17.3 Å². The molecule has 0 unspecified atom stereocenters. The van der Waals surface area contributed by atoms with Gasteiger partial charge in [-0.15, -0.1) is 5.10 Å². The standard InChI is InChI=1S/C12H9N7O2/c13-10-5-6-14-12(16-10)18-7-15-11(17-18)8-1-3-9(4-2-8)19(20)21/h1-7H,(H2,13,14,16). The highest BCUT2D eigenvalue weighted by atomic mass is 16.6. The molecule has 2 aromatic heterocycles. The van der Waals surface area contributed by atoms with E-state index in [1.54, 1.807) is 18.2 Å². The maximum atomic E-state index is 10.6. The Morgan fingerprint density at radius 3 is 2.57 bits per heavy atom. The summed E-state index contributed by atoms with van der Waals surface area (Å²) >= 11 is 0. The fourth-order valence-corrected chi connectivity index (χ4v) is 1.70. The normalized spacial score (nSPS) is 10.5. The number of aromatic nitrogens is 5. The minimum Gasteiger partial charge on any atom is -0.384 e. The fraction of sp³-hybridized carbons (Fsp3) is 0. The van der Waals surface area contributed by atoms with Gasteiger partial charge >= 0.3 is 0 Å². The Morgan fingerprint density at radius 1 is 1.14 bits per heavy atom. The van der Waals surface area contributed by atoms with Crippen molar-refractivity contribution in [3.05, 3.63) is 53.0 Å². The van der Waals surface area contributed by atoms with Crippen LogP contribution < -0.4 is 5.73 Å². The zero-order valence-electron chi connectivity index (χ0n) is 10.6. The molecule has 0 saturated heterocycles. The molecule has 2 N–H and O–H groups in total. The summed E-state index contributed by atoms with van der Waals surface area (Å²) in [6, 6.07) is 7.52. The van der Waals surface area contributed by atoms with Gasteiger partial charge in [0.15, 0.2) is 5.82 Å². The summed E-state index contributed by atoms with van der Waals surface area (Å²) in [7, 11) is 0. The summed E-state index contributed by atoms with van der Waals surface area (Å²) in [5.74, 6) is 1.04. The third-order valence-corrected chi connectivity index (χ3v) is 2.70. The molecule has 0 aliphatic rings. The average Bonchev–Trinajstić information content (AvgIpc) is 2.97. The smallest absolute Gasteiger partial charge is 0.269 e. The van der Waals surface area contributed by atoms with Gasteiger partial charge in [0, 0.05) is 23.9 Å². The molecular formula is C12H9N7O2. The maximum Gasteiger partial charge on any atom is 0.269 e. The van der Waals surface area contributed by atoms with E-state index in [2.05, 4.69) is 20.1 Å². The van der Waals surface area contributed by atoms with Crippen LogP contribution in [0, 0.1) is 10.1 Å². The molecule has 1 aromatic carbocycles. The molecule has 0 spiro atoms. The van der Waals surface area contributed by atoms with Crippen LogP contribution in [0.5, 0.6) is 0 Å². The van der Waals surface area contributed by atoms with E-state index in [-0.39, 0.29) is 5.69 Å². The zero-order valence-corrected chi connectivity index (χ0v) is 10.6. The molecule has 0 aliphatic heterocycles. The summed E-state index contributed by atoms with van der Waals surface area (Å²) < 4.78 is 1.38. The highest BCUT2D eigenvalue weighted by Crippen LogP contribution is 2.19. The van der Waals surface area contributed by atoms with E-state index in [1.807, 2.05) is 0 Å². The number of hydrogen-bond donors (Lipinski definition) is 1. The lowest BCUT2D eigenvalue weighted by atomic mass is 10.2. The number of nitrogens with two attached hydrogens (primary N) is 1. The van der Waals surface area contributed by atoms with Crippen LogP contribution in [0.1, 0.15) is 0 Å². The minimum atomic E-state index is -0.462. The topological polar surface area (TPSA) is 126 Å². The molecule has 0 radical (unpaired) electrons. The molecule has 0 saturated carbocycles. The quantitative estimate of drug-likeness (QED) is 0.565. The lowest BCUT2D eigenvalue weighted by Gasteiger charge is -1.98. The van der Waals surface area contributed by atoms with Crippen LogP contribution in [0.2, 0.25) is 0 Å². The van der Waals surface area contributed by atoms with E-state index in [4.69, 9.17) is 5.73 Å². The van der Waals surface area contributed by atoms with Gasteiger partial charge in [0.05, 0.1) is 4.92 Å². The molecule has 0 atom stereocenters. The van der Waals surface area contributed by atoms with Gasteiger partial charge in [-0.3, -0.25) is 10.1 Å². The average molecular weight is 283 g/mol. The van der Waals surface area contributed by atoms with Gasteiger partial charge in [0.2, 0.25) is 0 Å². The molecule has 104 valence electrons. The number of nitro groups is 1. The van der Waals surface area contributed by atoms with Gasteiger partial charge in [0.25, 0.3) is 11.6 Å². The monoisotopic (exact) mass is 283 g/mol. The second kappa shape index (κ2) is 4.96. The van der Waals surface area contributed by atoms with E-state index >= 15 is 0 Å². The van der Waals surface area contributed by atoms with Gasteiger partial charge in [-0.05, 0) is 18.2 Å². The Kier molecular flexibility index (Phi) is 2.99. The summed E-state index contributed by atoms with van der Waals surface area (Å²) in [6.07, 6.45) is 2.97. The third-order valence-electron chi connectivity index (χ3n) is 2.70. The van der Waals surface area contributed by atoms with Gasteiger partial charge in [-0.2, -0.15) is 9.67 Å². The number of nitrogen functional groups attached to an aromatic ring is 1. The first-order chi connectivity index (χ1) is 10.1. The number of nitro benzene ring substituents is 1. The molecule has 2 heterocycles. The first kappa shape index (κ1) is 12.7. The van der Waals surface area contributed by atoms with Crippen molar-refractivity contribution < 1.29 is 4.92 Å². The second-order valence-corrected chi connectivity index (χ2v) is 4.10. The van der Waals surface area contributed by atoms with Crippen molar-refractivity contribution in [2.75, 3.05) is 5.73 Å². The molecule has 0 aliphatic carbocycles. The Bertz CT molecular complexity index is 797. The predicted molar refractivity (Wildman–Crippen MR) is 73.5 cm³/mol. The van der Waals surface area contributed by atoms with Crippen LogP contribution in [0.4, 0.5) is 11.5 Å². The molecule has 21 heavy (non-hydrogen) atoms. The van der Waals surface area contributed by atoms with Crippen molar-refractivity contribution in [1.82, 2.24) is 24.7 Å². The molecule has 3 aromatic rings. The second-order valence-electron chi connectivity index (χ2n) is 4.10. The SMILES string of the molecule is Nc1ccnc(-n2cnc(-c3ccc([N+](=O)[O-])cc3)n2)n1. The van der Waals surface area contributed by atoms with Crippen molar-refractivity contribution >= 4 is 11.5 Å². The Balaban J connectivity index is 1.93. The van der Waals surface area contributed by atoms with Crippen molar-refractivity contribution in [1.29, 1.82) is 0 Å². The molecule has 0 amide bonds. The number of rotatable bonds is 3. The Morgan fingerprint density at radius 2 is 1.90 bits per heavy atom. The summed E-state index contributed by atoms with van der Waals surface area (Å²) in [5, 5.41) is 14.8. The minimum absolute atomic E-state index is 0.0114. The molecule has 3 rings (SSSR count). The van der Waals surface area contributed by atoms with E-state index < -0.39 is 4.92 Å². The lowest BCUT2D eigenvalue weighted by Crippen LogP contribution is -2.03. The number of benzene rings is 1. The van der Waals surface area contributed by atoms with Gasteiger partial charge < -0.3 is 5.73 Å². The van der Waals surface area contributed by atoms with Gasteiger partial charge in [-0.25, -0.2) is 9.97 Å². The molecule has 0 bridgehead atoms. The first-order valence-corrected chi connectivity index (χ1v) is 5.89. The third kappa shape index (κ3) is 2.52. The van der Waals surface area contributed by atoms with Crippen molar-refractivity contribution in [3.63, 3.8) is 0 Å². The van der Waals surface area contributed by atoms with E-state index in [0.29, 0.717) is 23.2 Å². The van der Waals surface area contributed by atoms with E-state index in [0.717, 1.165) is 0 Å². The van der Waals surface area contributed by atoms with Crippen molar-refractivity contribution in [2.24, 2.45) is 0 Å². The zero-order chi connectivity index (χ0) is 14.8. The van der Waals surface area contributed by atoms with Crippen molar-refractivity contribution in [3.8, 4) is 17.3 Å². The number of nitrogens with zero attached hydrogens (tertiary/aromatic N) is 6.